The summed E-state index contributed by atoms with van der Waals surface area (Å²) in [5.74, 6) is -1.35. The molecule has 0 heterocycles. The molecule has 0 radical (unpaired) electrons. The fourth-order valence-corrected chi connectivity index (χ4v) is 2.37. The van der Waals surface area contributed by atoms with Gasteiger partial charge in [-0.15, -0.1) is 13.2 Å². The number of hydrogen-bond donors (Lipinski definition) is 2. The fourth-order valence-electron chi connectivity index (χ4n) is 2.37. The summed E-state index contributed by atoms with van der Waals surface area (Å²) in [4.78, 5) is 20.3. The van der Waals surface area contributed by atoms with E-state index >= 15 is 0 Å². The van der Waals surface area contributed by atoms with Gasteiger partial charge in [-0.25, -0.2) is 0 Å². The number of allylic oxidation sites excluding steroid dienone is 2. The number of unbranched alkanes of at least 4 members (excludes halogenated alkanes) is 11. The summed E-state index contributed by atoms with van der Waals surface area (Å²) >= 11 is 0. The number of rotatable bonds is 17. The molecule has 0 saturated carbocycles. The average Bonchev–Trinajstić information content (AvgIpc) is 2.56. The van der Waals surface area contributed by atoms with E-state index in [0.717, 1.165) is 44.9 Å². The summed E-state index contributed by atoms with van der Waals surface area (Å²) in [5, 5.41) is 16.7. The lowest BCUT2D eigenvalue weighted by Gasteiger charge is -1.98. The van der Waals surface area contributed by atoms with Crippen molar-refractivity contribution in [2.75, 3.05) is 0 Å². The summed E-state index contributed by atoms with van der Waals surface area (Å²) in [6, 6.07) is 0. The maximum Gasteiger partial charge on any atom is 0.303 e. The Morgan fingerprint density at radius 1 is 0.560 bits per heavy atom. The Balaban J connectivity index is 0. The van der Waals surface area contributed by atoms with Crippen LogP contribution in [0.25, 0.3) is 0 Å². The van der Waals surface area contributed by atoms with Gasteiger partial charge in [0.2, 0.25) is 0 Å². The molecule has 2 N–H and O–H groups in total. The third-order valence-corrected chi connectivity index (χ3v) is 3.85. The number of carboxylic acid groups (broad SMARTS) is 2. The molecular weight excluding hydrogens is 316 g/mol. The van der Waals surface area contributed by atoms with Crippen LogP contribution < -0.4 is 0 Å². The van der Waals surface area contributed by atoms with Crippen LogP contribution in [0.3, 0.4) is 0 Å². The molecule has 0 saturated heterocycles. The second-order valence-corrected chi connectivity index (χ2v) is 6.33. The van der Waals surface area contributed by atoms with Crippen molar-refractivity contribution in [3.8, 4) is 0 Å². The zero-order chi connectivity index (χ0) is 19.2. The van der Waals surface area contributed by atoms with Crippen molar-refractivity contribution in [1.29, 1.82) is 0 Å². The highest BCUT2D eigenvalue weighted by molar-refractivity contribution is 5.66. The zero-order valence-electron chi connectivity index (χ0n) is 15.9. The van der Waals surface area contributed by atoms with Gasteiger partial charge in [0.05, 0.1) is 0 Å². The first-order valence-corrected chi connectivity index (χ1v) is 9.70. The molecule has 0 aliphatic heterocycles. The molecule has 4 nitrogen and oxygen atoms in total. The van der Waals surface area contributed by atoms with Crippen molar-refractivity contribution in [2.24, 2.45) is 0 Å². The van der Waals surface area contributed by atoms with Crippen molar-refractivity contribution >= 4 is 11.9 Å². The van der Waals surface area contributed by atoms with Crippen molar-refractivity contribution in [3.05, 3.63) is 25.3 Å². The van der Waals surface area contributed by atoms with Gasteiger partial charge in [0, 0.05) is 12.8 Å². The van der Waals surface area contributed by atoms with E-state index in [4.69, 9.17) is 10.2 Å². The number of carboxylic acids is 2. The zero-order valence-corrected chi connectivity index (χ0v) is 15.9. The van der Waals surface area contributed by atoms with Gasteiger partial charge < -0.3 is 10.2 Å². The predicted molar refractivity (Wildman–Crippen MR) is 105 cm³/mol. The highest BCUT2D eigenvalue weighted by atomic mass is 16.4. The highest BCUT2D eigenvalue weighted by Gasteiger charge is 1.96. The van der Waals surface area contributed by atoms with Crippen molar-refractivity contribution in [2.45, 2.75) is 96.3 Å². The first-order chi connectivity index (χ1) is 12.0. The van der Waals surface area contributed by atoms with E-state index in [-0.39, 0.29) is 0 Å². The number of hydrogen-bond acceptors (Lipinski definition) is 2. The van der Waals surface area contributed by atoms with Gasteiger partial charge in [0.1, 0.15) is 0 Å². The molecule has 0 aromatic heterocycles. The van der Waals surface area contributed by atoms with Gasteiger partial charge >= 0.3 is 11.9 Å². The monoisotopic (exact) mass is 354 g/mol. The summed E-state index contributed by atoms with van der Waals surface area (Å²) in [5.41, 5.74) is 0. The summed E-state index contributed by atoms with van der Waals surface area (Å²) in [6.45, 7) is 7.30. The molecule has 0 rings (SSSR count). The largest absolute Gasteiger partial charge is 0.481 e. The maximum atomic E-state index is 10.2. The van der Waals surface area contributed by atoms with Gasteiger partial charge in [0.25, 0.3) is 0 Å². The molecule has 0 aliphatic rings. The minimum atomic E-state index is -0.680. The summed E-state index contributed by atoms with van der Waals surface area (Å²) in [7, 11) is 0. The minimum absolute atomic E-state index is 0.321. The SMILES string of the molecule is C=CCCCCCCCC(=O)O.C=CCCCCCCCCC(=O)O. The smallest absolute Gasteiger partial charge is 0.303 e. The van der Waals surface area contributed by atoms with Crippen molar-refractivity contribution < 1.29 is 19.8 Å². The first kappa shape index (κ1) is 25.7. The first-order valence-electron chi connectivity index (χ1n) is 9.70. The molecule has 0 spiro atoms. The Bertz CT molecular complexity index is 337. The summed E-state index contributed by atoms with van der Waals surface area (Å²) in [6.07, 6.45) is 18.9. The lowest BCUT2D eigenvalue weighted by Crippen LogP contribution is -1.93. The van der Waals surface area contributed by atoms with E-state index < -0.39 is 11.9 Å². The van der Waals surface area contributed by atoms with Gasteiger partial charge in [-0.1, -0.05) is 57.1 Å². The topological polar surface area (TPSA) is 74.6 Å². The quantitative estimate of drug-likeness (QED) is 0.235. The lowest BCUT2D eigenvalue weighted by molar-refractivity contribution is -0.138. The minimum Gasteiger partial charge on any atom is -0.481 e. The van der Waals surface area contributed by atoms with E-state index in [2.05, 4.69) is 13.2 Å². The molecule has 25 heavy (non-hydrogen) atoms. The number of aliphatic carboxylic acids is 2. The van der Waals surface area contributed by atoms with Crippen LogP contribution in [0.15, 0.2) is 25.3 Å². The van der Waals surface area contributed by atoms with Crippen LogP contribution >= 0.6 is 0 Å². The Morgan fingerprint density at radius 2 is 0.840 bits per heavy atom. The van der Waals surface area contributed by atoms with Crippen LogP contribution in [-0.4, -0.2) is 22.2 Å². The van der Waals surface area contributed by atoms with Gasteiger partial charge in [-0.3, -0.25) is 9.59 Å². The van der Waals surface area contributed by atoms with Gasteiger partial charge in [0.15, 0.2) is 0 Å². The van der Waals surface area contributed by atoms with Crippen LogP contribution in [0.2, 0.25) is 0 Å². The third kappa shape index (κ3) is 30.8. The molecule has 0 bridgehead atoms. The molecular formula is C21H38O4. The fraction of sp³-hybridized carbons (Fsp3) is 0.714. The van der Waals surface area contributed by atoms with E-state index in [0.29, 0.717) is 12.8 Å². The Kier molecular flexibility index (Phi) is 23.0. The van der Waals surface area contributed by atoms with Crippen LogP contribution in [0.4, 0.5) is 0 Å². The second kappa shape index (κ2) is 22.4. The number of carbonyl (C=O) groups is 2. The van der Waals surface area contributed by atoms with Crippen molar-refractivity contribution in [1.82, 2.24) is 0 Å². The van der Waals surface area contributed by atoms with E-state index in [1.807, 2.05) is 12.2 Å². The van der Waals surface area contributed by atoms with Gasteiger partial charge in [-0.2, -0.15) is 0 Å². The van der Waals surface area contributed by atoms with E-state index in [9.17, 15) is 9.59 Å². The van der Waals surface area contributed by atoms with Crippen LogP contribution in [0.1, 0.15) is 96.3 Å². The predicted octanol–water partition coefficient (Wildman–Crippen LogP) is 6.37. The molecule has 0 aliphatic carbocycles. The van der Waals surface area contributed by atoms with E-state index in [1.54, 1.807) is 0 Å². The van der Waals surface area contributed by atoms with Crippen molar-refractivity contribution in [3.63, 3.8) is 0 Å². The third-order valence-electron chi connectivity index (χ3n) is 3.85. The molecule has 0 aromatic carbocycles. The standard InChI is InChI=1S/C11H20O2.C10H18O2/c1-2-3-4-5-6-7-8-9-10-11(12)13;1-2-3-4-5-6-7-8-9-10(11)12/h2H,1,3-10H2,(H,12,13);2H,1,3-9H2,(H,11,12). The Labute approximate surface area is 154 Å². The molecule has 0 unspecified atom stereocenters. The summed E-state index contributed by atoms with van der Waals surface area (Å²) < 4.78 is 0. The van der Waals surface area contributed by atoms with Crippen LogP contribution in [0.5, 0.6) is 0 Å². The maximum absolute atomic E-state index is 10.2. The molecule has 0 atom stereocenters. The second-order valence-electron chi connectivity index (χ2n) is 6.33. The lowest BCUT2D eigenvalue weighted by atomic mass is 10.1. The molecule has 146 valence electrons. The van der Waals surface area contributed by atoms with Gasteiger partial charge in [-0.05, 0) is 38.5 Å². The molecule has 0 amide bonds. The van der Waals surface area contributed by atoms with E-state index in [1.165, 1.54) is 38.5 Å². The van der Waals surface area contributed by atoms with Crippen LogP contribution in [0, 0.1) is 0 Å². The highest BCUT2D eigenvalue weighted by Crippen LogP contribution is 2.08. The Hall–Kier alpha value is -1.58. The molecule has 0 aromatic rings. The normalized spacial score (nSPS) is 9.76. The van der Waals surface area contributed by atoms with Crippen LogP contribution in [-0.2, 0) is 9.59 Å². The Morgan fingerprint density at radius 3 is 1.12 bits per heavy atom. The molecule has 0 fully saturated rings. The molecule has 4 heteroatoms. The average molecular weight is 355 g/mol.